The Balaban J connectivity index is 0.000000263. The van der Waals surface area contributed by atoms with E-state index in [1.54, 1.807) is 6.07 Å². The molecule has 1 saturated carbocycles. The van der Waals surface area contributed by atoms with E-state index in [9.17, 15) is 39.5 Å². The van der Waals surface area contributed by atoms with E-state index in [1.165, 1.54) is 6.20 Å². The summed E-state index contributed by atoms with van der Waals surface area (Å²) in [6, 6.07) is 3.42. The molecule has 0 bridgehead atoms. The molecule has 2 heterocycles. The number of alkyl halides is 9. The molecule has 0 amide bonds. The number of nitriles is 1. The van der Waals surface area contributed by atoms with Crippen LogP contribution in [0, 0.1) is 11.3 Å². The van der Waals surface area contributed by atoms with Gasteiger partial charge in [0, 0.05) is 30.3 Å². The molecule has 180 valence electrons. The van der Waals surface area contributed by atoms with Gasteiger partial charge in [0.25, 0.3) is 0 Å². The van der Waals surface area contributed by atoms with Crippen molar-refractivity contribution in [3.05, 3.63) is 59.2 Å². The maximum absolute atomic E-state index is 12.3. The molecule has 0 unspecified atom stereocenters. The maximum Gasteiger partial charge on any atom is 0.490 e. The third kappa shape index (κ3) is 8.93. The molecule has 1 aliphatic rings. The predicted octanol–water partition coefficient (Wildman–Crippen LogP) is 4.65. The number of rotatable bonds is 1. The number of halogens is 9. The van der Waals surface area contributed by atoms with Gasteiger partial charge in [0.05, 0.1) is 16.7 Å². The zero-order valence-corrected chi connectivity index (χ0v) is 16.1. The number of hydrogen-bond acceptors (Lipinski definition) is 5. The van der Waals surface area contributed by atoms with Gasteiger partial charge in [-0.1, -0.05) is 0 Å². The van der Waals surface area contributed by atoms with Crippen LogP contribution in [0.1, 0.15) is 35.1 Å². The molecule has 0 spiro atoms. The molecule has 0 saturated heterocycles. The van der Waals surface area contributed by atoms with E-state index in [1.807, 2.05) is 0 Å². The second kappa shape index (κ2) is 10.0. The summed E-state index contributed by atoms with van der Waals surface area (Å²) in [5.74, 6) is -2.76. The lowest BCUT2D eigenvalue weighted by Crippen LogP contribution is -2.21. The first-order valence-electron chi connectivity index (χ1n) is 8.44. The lowest BCUT2D eigenvalue weighted by Gasteiger charge is -2.11. The molecule has 0 atom stereocenters. The van der Waals surface area contributed by atoms with Gasteiger partial charge in [-0.25, -0.2) is 4.79 Å². The first-order valence-corrected chi connectivity index (χ1v) is 8.44. The van der Waals surface area contributed by atoms with Crippen molar-refractivity contribution >= 4 is 5.97 Å². The SMILES string of the molecule is N#Cc1cncc(C(F)(F)F)c1.NC1(c2cncc(C(F)(F)F)c2)CC1.O=C(O)C(F)(F)F. The van der Waals surface area contributed by atoms with Crippen LogP contribution < -0.4 is 5.73 Å². The Morgan fingerprint density at radius 1 is 0.909 bits per heavy atom. The molecule has 2 aromatic rings. The van der Waals surface area contributed by atoms with Crippen molar-refractivity contribution in [2.24, 2.45) is 5.73 Å². The van der Waals surface area contributed by atoms with Crippen LogP contribution in [0.4, 0.5) is 39.5 Å². The summed E-state index contributed by atoms with van der Waals surface area (Å²) in [7, 11) is 0. The van der Waals surface area contributed by atoms with Gasteiger partial charge in [-0.15, -0.1) is 0 Å². The summed E-state index contributed by atoms with van der Waals surface area (Å²) >= 11 is 0. The van der Waals surface area contributed by atoms with Crippen LogP contribution >= 0.6 is 0 Å². The number of carboxylic acids is 1. The molecule has 1 aliphatic carbocycles. The standard InChI is InChI=1S/C9H9F3N2.C7H3F3N2.C2HF3O2/c10-9(11,12)7-3-6(4-14-5-7)8(13)1-2-8;8-7(9,10)6-1-5(2-11)3-12-4-6;3-2(4,5)1(6)7/h3-5H,1-2,13H2;1,3-4H;(H,6,7). The first-order chi connectivity index (χ1) is 14.9. The number of pyridine rings is 2. The minimum Gasteiger partial charge on any atom is -0.475 e. The number of nitrogens with zero attached hydrogens (tertiary/aromatic N) is 3. The molecule has 1 fully saturated rings. The summed E-state index contributed by atoms with van der Waals surface area (Å²) in [6.45, 7) is 0. The zero-order chi connectivity index (χ0) is 25.7. The van der Waals surface area contributed by atoms with Gasteiger partial charge < -0.3 is 10.8 Å². The van der Waals surface area contributed by atoms with E-state index in [-0.39, 0.29) is 5.56 Å². The molecule has 15 heteroatoms. The minimum absolute atomic E-state index is 0.0928. The highest BCUT2D eigenvalue weighted by atomic mass is 19.4. The predicted molar refractivity (Wildman–Crippen MR) is 92.0 cm³/mol. The average Bonchev–Trinajstić information content (AvgIpc) is 3.46. The van der Waals surface area contributed by atoms with Crippen LogP contribution in [0.15, 0.2) is 36.9 Å². The van der Waals surface area contributed by atoms with Gasteiger partial charge in [-0.05, 0) is 30.5 Å². The Hall–Kier alpha value is -3.41. The largest absolute Gasteiger partial charge is 0.490 e. The van der Waals surface area contributed by atoms with E-state index in [0.29, 0.717) is 11.8 Å². The van der Waals surface area contributed by atoms with Crippen molar-refractivity contribution in [3.63, 3.8) is 0 Å². The topological polar surface area (TPSA) is 113 Å². The van der Waals surface area contributed by atoms with Gasteiger partial charge >= 0.3 is 24.5 Å². The van der Waals surface area contributed by atoms with E-state index >= 15 is 0 Å². The quantitative estimate of drug-likeness (QED) is 0.565. The Morgan fingerprint density at radius 2 is 1.33 bits per heavy atom. The molecule has 0 radical (unpaired) electrons. The zero-order valence-electron chi connectivity index (χ0n) is 16.1. The highest BCUT2D eigenvalue weighted by molar-refractivity contribution is 5.73. The number of carboxylic acid groups (broad SMARTS) is 1. The average molecular weight is 488 g/mol. The van der Waals surface area contributed by atoms with Gasteiger partial charge in [0.1, 0.15) is 6.07 Å². The molecule has 33 heavy (non-hydrogen) atoms. The Kier molecular flexibility index (Phi) is 8.39. The molecule has 6 nitrogen and oxygen atoms in total. The normalized spacial score (nSPS) is 14.6. The van der Waals surface area contributed by atoms with Crippen LogP contribution in [0.3, 0.4) is 0 Å². The van der Waals surface area contributed by atoms with Crippen molar-refractivity contribution in [3.8, 4) is 6.07 Å². The molecule has 0 aliphatic heterocycles. The molecule has 3 rings (SSSR count). The van der Waals surface area contributed by atoms with Crippen molar-refractivity contribution < 1.29 is 49.4 Å². The number of aromatic nitrogens is 2. The van der Waals surface area contributed by atoms with Crippen LogP contribution in [-0.4, -0.2) is 27.2 Å². The van der Waals surface area contributed by atoms with Gasteiger partial charge in [0.15, 0.2) is 0 Å². The maximum atomic E-state index is 12.3. The third-order valence-electron chi connectivity index (χ3n) is 3.87. The van der Waals surface area contributed by atoms with Gasteiger partial charge in [0.2, 0.25) is 0 Å². The molecule has 3 N–H and O–H groups in total. The van der Waals surface area contributed by atoms with Crippen LogP contribution in [-0.2, 0) is 22.7 Å². The van der Waals surface area contributed by atoms with Gasteiger partial charge in [-0.2, -0.15) is 44.8 Å². The summed E-state index contributed by atoms with van der Waals surface area (Å²) in [6.07, 6.45) is -8.41. The van der Waals surface area contributed by atoms with E-state index in [2.05, 4.69) is 9.97 Å². The fourth-order valence-electron chi connectivity index (χ4n) is 1.95. The third-order valence-corrected chi connectivity index (χ3v) is 3.87. The number of aliphatic carboxylic acids is 1. The highest BCUT2D eigenvalue weighted by Crippen LogP contribution is 2.43. The van der Waals surface area contributed by atoms with Crippen molar-refractivity contribution in [1.82, 2.24) is 9.97 Å². The monoisotopic (exact) mass is 488 g/mol. The number of carbonyl (C=O) groups is 1. The summed E-state index contributed by atoms with van der Waals surface area (Å²) < 4.78 is 104. The number of hydrogen-bond donors (Lipinski definition) is 2. The summed E-state index contributed by atoms with van der Waals surface area (Å²) in [5.41, 5.74) is 3.97. The Bertz CT molecular complexity index is 987. The smallest absolute Gasteiger partial charge is 0.475 e. The van der Waals surface area contributed by atoms with Gasteiger partial charge in [-0.3, -0.25) is 9.97 Å². The summed E-state index contributed by atoms with van der Waals surface area (Å²) in [4.78, 5) is 15.7. The second-order valence-corrected chi connectivity index (χ2v) is 6.49. The highest BCUT2D eigenvalue weighted by Gasteiger charge is 2.42. The van der Waals surface area contributed by atoms with Crippen molar-refractivity contribution in [2.45, 2.75) is 36.9 Å². The molecule has 2 aromatic heterocycles. The van der Waals surface area contributed by atoms with E-state index in [4.69, 9.17) is 20.9 Å². The van der Waals surface area contributed by atoms with E-state index < -0.39 is 41.2 Å². The molecular weight excluding hydrogens is 475 g/mol. The molecule has 0 aromatic carbocycles. The lowest BCUT2D eigenvalue weighted by atomic mass is 10.1. The summed E-state index contributed by atoms with van der Waals surface area (Å²) in [5, 5.41) is 15.4. The number of nitrogens with two attached hydrogens (primary N) is 1. The first kappa shape index (κ1) is 27.6. The van der Waals surface area contributed by atoms with Crippen molar-refractivity contribution in [2.75, 3.05) is 0 Å². The fourth-order valence-corrected chi connectivity index (χ4v) is 1.95. The van der Waals surface area contributed by atoms with Crippen LogP contribution in [0.25, 0.3) is 0 Å². The van der Waals surface area contributed by atoms with Crippen LogP contribution in [0.5, 0.6) is 0 Å². The van der Waals surface area contributed by atoms with E-state index in [0.717, 1.165) is 37.4 Å². The van der Waals surface area contributed by atoms with Crippen molar-refractivity contribution in [1.29, 1.82) is 5.26 Å². The Morgan fingerprint density at radius 3 is 1.70 bits per heavy atom. The fraction of sp³-hybridized carbons (Fsp3) is 0.333. The minimum atomic E-state index is -5.08. The van der Waals surface area contributed by atoms with Crippen LogP contribution in [0.2, 0.25) is 0 Å². The second-order valence-electron chi connectivity index (χ2n) is 6.49. The molecular formula is C18H13F9N4O2. The Labute approximate surface area is 179 Å². The lowest BCUT2D eigenvalue weighted by molar-refractivity contribution is -0.192.